The lowest BCUT2D eigenvalue weighted by atomic mass is 9.91. The molecule has 11 heavy (non-hydrogen) atoms. The van der Waals surface area contributed by atoms with Crippen LogP contribution in [-0.2, 0) is 12.0 Å². The normalized spacial score (nSPS) is 21.3. The maximum absolute atomic E-state index is 3.51. The molecule has 2 heterocycles. The molecule has 0 radical (unpaired) electrons. The first-order chi connectivity index (χ1) is 5.20. The van der Waals surface area contributed by atoms with Crippen molar-refractivity contribution in [3.05, 3.63) is 21.9 Å². The molecule has 0 amide bonds. The first-order valence-corrected chi connectivity index (χ1v) is 4.90. The summed E-state index contributed by atoms with van der Waals surface area (Å²) >= 11 is 1.89. The summed E-state index contributed by atoms with van der Waals surface area (Å²) in [4.78, 5) is 1.56. The summed E-state index contributed by atoms with van der Waals surface area (Å²) in [6.45, 7) is 5.62. The molecule has 1 aromatic heterocycles. The molecule has 0 aromatic carbocycles. The van der Waals surface area contributed by atoms with Crippen molar-refractivity contribution in [2.45, 2.75) is 25.8 Å². The third-order valence-electron chi connectivity index (χ3n) is 2.34. The molecule has 0 bridgehead atoms. The minimum Gasteiger partial charge on any atom is -0.307 e. The second kappa shape index (κ2) is 2.32. The van der Waals surface area contributed by atoms with Crippen LogP contribution in [-0.4, -0.2) is 6.54 Å². The first-order valence-electron chi connectivity index (χ1n) is 4.02. The second-order valence-corrected chi connectivity index (χ2v) is 4.56. The second-order valence-electron chi connectivity index (χ2n) is 3.56. The minimum atomic E-state index is 0.202. The van der Waals surface area contributed by atoms with E-state index in [0.717, 1.165) is 6.54 Å². The van der Waals surface area contributed by atoms with Crippen LogP contribution in [0.5, 0.6) is 0 Å². The van der Waals surface area contributed by atoms with Crippen LogP contribution in [0.1, 0.15) is 24.3 Å². The van der Waals surface area contributed by atoms with E-state index in [1.54, 1.807) is 4.88 Å². The number of nitrogens with one attached hydrogen (secondary N) is 1. The Kier molecular flexibility index (Phi) is 1.55. The van der Waals surface area contributed by atoms with Crippen LogP contribution >= 0.6 is 11.3 Å². The van der Waals surface area contributed by atoms with Crippen molar-refractivity contribution < 1.29 is 0 Å². The molecule has 1 aliphatic rings. The zero-order valence-electron chi connectivity index (χ0n) is 6.98. The fourth-order valence-corrected chi connectivity index (χ4v) is 2.71. The van der Waals surface area contributed by atoms with E-state index in [4.69, 9.17) is 0 Å². The zero-order chi connectivity index (χ0) is 7.90. The van der Waals surface area contributed by atoms with E-state index in [2.05, 4.69) is 30.6 Å². The monoisotopic (exact) mass is 167 g/mol. The molecule has 2 rings (SSSR count). The van der Waals surface area contributed by atoms with Gasteiger partial charge in [-0.05, 0) is 37.3 Å². The molecule has 1 aromatic rings. The van der Waals surface area contributed by atoms with Crippen molar-refractivity contribution in [3.63, 3.8) is 0 Å². The van der Waals surface area contributed by atoms with Gasteiger partial charge in [0.1, 0.15) is 0 Å². The Morgan fingerprint density at radius 2 is 2.36 bits per heavy atom. The van der Waals surface area contributed by atoms with Crippen molar-refractivity contribution >= 4 is 11.3 Å². The van der Waals surface area contributed by atoms with Gasteiger partial charge in [-0.25, -0.2) is 0 Å². The average Bonchev–Trinajstić information content (AvgIpc) is 2.34. The van der Waals surface area contributed by atoms with E-state index in [9.17, 15) is 0 Å². The zero-order valence-corrected chi connectivity index (χ0v) is 7.79. The van der Waals surface area contributed by atoms with Crippen LogP contribution in [0.2, 0.25) is 0 Å². The van der Waals surface area contributed by atoms with Crippen molar-refractivity contribution in [3.8, 4) is 0 Å². The maximum atomic E-state index is 3.51. The van der Waals surface area contributed by atoms with Gasteiger partial charge in [0.05, 0.1) is 0 Å². The Hall–Kier alpha value is -0.340. The third kappa shape index (κ3) is 1.10. The summed E-state index contributed by atoms with van der Waals surface area (Å²) in [6, 6.07) is 2.24. The molecule has 0 saturated heterocycles. The van der Waals surface area contributed by atoms with E-state index in [-0.39, 0.29) is 5.54 Å². The topological polar surface area (TPSA) is 12.0 Å². The predicted octanol–water partition coefficient (Wildman–Crippen LogP) is 2.13. The molecule has 1 N–H and O–H groups in total. The average molecular weight is 167 g/mol. The standard InChI is InChI=1S/C9H13NS/c1-9(2)7-4-6-11-8(7)3-5-10-9/h4,6,10H,3,5H2,1-2H3. The number of rotatable bonds is 0. The summed E-state index contributed by atoms with van der Waals surface area (Å²) in [5.74, 6) is 0. The Balaban J connectivity index is 2.48. The summed E-state index contributed by atoms with van der Waals surface area (Å²) < 4.78 is 0. The van der Waals surface area contributed by atoms with E-state index < -0.39 is 0 Å². The molecular formula is C9H13NS. The highest BCUT2D eigenvalue weighted by molar-refractivity contribution is 7.10. The van der Waals surface area contributed by atoms with Crippen LogP contribution in [0.25, 0.3) is 0 Å². The van der Waals surface area contributed by atoms with Gasteiger partial charge in [0.15, 0.2) is 0 Å². The van der Waals surface area contributed by atoms with Gasteiger partial charge in [-0.15, -0.1) is 11.3 Å². The van der Waals surface area contributed by atoms with Gasteiger partial charge in [-0.3, -0.25) is 0 Å². The predicted molar refractivity (Wildman–Crippen MR) is 49.1 cm³/mol. The van der Waals surface area contributed by atoms with E-state index >= 15 is 0 Å². The fourth-order valence-electron chi connectivity index (χ4n) is 1.67. The Morgan fingerprint density at radius 3 is 3.09 bits per heavy atom. The fraction of sp³-hybridized carbons (Fsp3) is 0.556. The molecule has 0 saturated carbocycles. The van der Waals surface area contributed by atoms with Gasteiger partial charge in [0, 0.05) is 17.0 Å². The van der Waals surface area contributed by atoms with Gasteiger partial charge < -0.3 is 5.32 Å². The molecule has 0 spiro atoms. The maximum Gasteiger partial charge on any atom is 0.0388 e. The summed E-state index contributed by atoms with van der Waals surface area (Å²) in [7, 11) is 0. The van der Waals surface area contributed by atoms with Gasteiger partial charge in [-0.1, -0.05) is 0 Å². The van der Waals surface area contributed by atoms with Crippen LogP contribution in [0.4, 0.5) is 0 Å². The van der Waals surface area contributed by atoms with Gasteiger partial charge in [-0.2, -0.15) is 0 Å². The van der Waals surface area contributed by atoms with Crippen molar-refractivity contribution in [1.82, 2.24) is 5.32 Å². The summed E-state index contributed by atoms with van der Waals surface area (Å²) in [5.41, 5.74) is 1.70. The molecule has 1 aliphatic heterocycles. The van der Waals surface area contributed by atoms with E-state index in [1.807, 2.05) is 11.3 Å². The number of fused-ring (bicyclic) bond motifs is 1. The molecule has 0 fully saturated rings. The lowest BCUT2D eigenvalue weighted by Gasteiger charge is -2.31. The SMILES string of the molecule is CC1(C)NCCc2sccc21. The number of hydrogen-bond acceptors (Lipinski definition) is 2. The Labute approximate surface area is 71.4 Å². The highest BCUT2D eigenvalue weighted by Crippen LogP contribution is 2.31. The van der Waals surface area contributed by atoms with Gasteiger partial charge in [0.2, 0.25) is 0 Å². The number of hydrogen-bond donors (Lipinski definition) is 1. The Morgan fingerprint density at radius 1 is 1.55 bits per heavy atom. The van der Waals surface area contributed by atoms with Crippen LogP contribution in [0, 0.1) is 0 Å². The Bertz CT molecular complexity index is 262. The van der Waals surface area contributed by atoms with Crippen LogP contribution in [0.15, 0.2) is 11.4 Å². The lowest BCUT2D eigenvalue weighted by Crippen LogP contribution is -2.41. The molecule has 0 atom stereocenters. The quantitative estimate of drug-likeness (QED) is 0.624. The van der Waals surface area contributed by atoms with Crippen molar-refractivity contribution in [1.29, 1.82) is 0 Å². The lowest BCUT2D eigenvalue weighted by molar-refractivity contribution is 0.386. The van der Waals surface area contributed by atoms with Crippen molar-refractivity contribution in [2.24, 2.45) is 0 Å². The highest BCUT2D eigenvalue weighted by Gasteiger charge is 2.26. The summed E-state index contributed by atoms with van der Waals surface area (Å²) in [6.07, 6.45) is 1.20. The smallest absolute Gasteiger partial charge is 0.0388 e. The van der Waals surface area contributed by atoms with Crippen LogP contribution < -0.4 is 5.32 Å². The van der Waals surface area contributed by atoms with E-state index in [0.29, 0.717) is 0 Å². The molecule has 0 aliphatic carbocycles. The van der Waals surface area contributed by atoms with Crippen molar-refractivity contribution in [2.75, 3.05) is 6.54 Å². The first kappa shape index (κ1) is 7.32. The number of thiophene rings is 1. The molecule has 60 valence electrons. The largest absolute Gasteiger partial charge is 0.307 e. The molecule has 2 heteroatoms. The van der Waals surface area contributed by atoms with Gasteiger partial charge in [0.25, 0.3) is 0 Å². The molecule has 0 unspecified atom stereocenters. The summed E-state index contributed by atoms with van der Waals surface area (Å²) in [5, 5.41) is 5.70. The van der Waals surface area contributed by atoms with Crippen LogP contribution in [0.3, 0.4) is 0 Å². The van der Waals surface area contributed by atoms with E-state index in [1.165, 1.54) is 12.0 Å². The minimum absolute atomic E-state index is 0.202. The molecular weight excluding hydrogens is 154 g/mol. The third-order valence-corrected chi connectivity index (χ3v) is 3.32. The molecule has 1 nitrogen and oxygen atoms in total. The van der Waals surface area contributed by atoms with Gasteiger partial charge >= 0.3 is 0 Å². The highest BCUT2D eigenvalue weighted by atomic mass is 32.1.